The van der Waals surface area contributed by atoms with Crippen molar-refractivity contribution in [2.45, 2.75) is 19.8 Å². The maximum atomic E-state index is 13.6. The Morgan fingerprint density at radius 3 is 2.71 bits per heavy atom. The van der Waals surface area contributed by atoms with Gasteiger partial charge < -0.3 is 0 Å². The second-order valence-electron chi connectivity index (χ2n) is 3.72. The molecule has 14 heavy (non-hydrogen) atoms. The zero-order valence-electron chi connectivity index (χ0n) is 7.81. The third-order valence-corrected chi connectivity index (χ3v) is 3.06. The minimum Gasteiger partial charge on any atom is -0.294 e. The molecule has 0 radical (unpaired) electrons. The monoisotopic (exact) mass is 304 g/mol. The Morgan fingerprint density at radius 2 is 2.14 bits per heavy atom. The molecule has 0 spiro atoms. The van der Waals surface area contributed by atoms with E-state index >= 15 is 0 Å². The molecule has 0 aliphatic heterocycles. The fourth-order valence-electron chi connectivity index (χ4n) is 1.47. The Morgan fingerprint density at radius 1 is 1.50 bits per heavy atom. The molecule has 1 saturated carbocycles. The summed E-state index contributed by atoms with van der Waals surface area (Å²) in [7, 11) is 0. The van der Waals surface area contributed by atoms with Crippen LogP contribution in [0.25, 0.3) is 0 Å². The molecular weight excluding hydrogens is 294 g/mol. The van der Waals surface area contributed by atoms with Crippen LogP contribution in [0.2, 0.25) is 0 Å². The van der Waals surface area contributed by atoms with Gasteiger partial charge in [0.25, 0.3) is 0 Å². The zero-order chi connectivity index (χ0) is 10.3. The number of rotatable bonds is 2. The molecule has 1 nitrogen and oxygen atoms in total. The van der Waals surface area contributed by atoms with Gasteiger partial charge in [-0.1, -0.05) is 0 Å². The standard InChI is InChI=1S/C11H10FIO/c1-6-4-8(13)5-9(10(6)12)11(14)7-2-3-7/h4-5,7H,2-3H2,1H3. The van der Waals surface area contributed by atoms with Crippen molar-refractivity contribution in [1.82, 2.24) is 0 Å². The highest BCUT2D eigenvalue weighted by Crippen LogP contribution is 2.34. The summed E-state index contributed by atoms with van der Waals surface area (Å²) < 4.78 is 14.5. The van der Waals surface area contributed by atoms with E-state index in [0.717, 1.165) is 16.4 Å². The van der Waals surface area contributed by atoms with Gasteiger partial charge in [0.1, 0.15) is 5.82 Å². The first-order chi connectivity index (χ1) is 6.59. The van der Waals surface area contributed by atoms with Crippen molar-refractivity contribution in [3.63, 3.8) is 0 Å². The molecule has 0 atom stereocenters. The maximum absolute atomic E-state index is 13.6. The summed E-state index contributed by atoms with van der Waals surface area (Å²) in [5, 5.41) is 0. The van der Waals surface area contributed by atoms with Gasteiger partial charge in [0, 0.05) is 9.49 Å². The molecule has 1 aromatic rings. The third-order valence-electron chi connectivity index (χ3n) is 2.43. The van der Waals surface area contributed by atoms with Crippen molar-refractivity contribution in [3.05, 3.63) is 32.6 Å². The molecule has 1 aromatic carbocycles. The van der Waals surface area contributed by atoms with Crippen molar-refractivity contribution in [2.24, 2.45) is 5.92 Å². The second-order valence-corrected chi connectivity index (χ2v) is 4.97. The Kier molecular flexibility index (Phi) is 2.60. The number of ketones is 1. The Labute approximate surface area is 95.8 Å². The second kappa shape index (κ2) is 3.61. The minimum absolute atomic E-state index is 0.0240. The smallest absolute Gasteiger partial charge is 0.168 e. The molecule has 2 rings (SSSR count). The molecule has 0 heterocycles. The van der Waals surface area contributed by atoms with Crippen molar-refractivity contribution >= 4 is 28.4 Å². The average Bonchev–Trinajstić information content (AvgIpc) is 2.93. The molecule has 0 saturated heterocycles. The summed E-state index contributed by atoms with van der Waals surface area (Å²) in [5.41, 5.74) is 0.831. The summed E-state index contributed by atoms with van der Waals surface area (Å²) in [4.78, 5) is 11.7. The number of halogens is 2. The number of Topliss-reactive ketones (excluding diaryl/α,β-unsaturated/α-hetero) is 1. The quantitative estimate of drug-likeness (QED) is 0.605. The van der Waals surface area contributed by atoms with E-state index in [4.69, 9.17) is 0 Å². The van der Waals surface area contributed by atoms with E-state index in [9.17, 15) is 9.18 Å². The van der Waals surface area contributed by atoms with E-state index < -0.39 is 0 Å². The normalized spacial score (nSPS) is 15.6. The molecular formula is C11H10FIO. The van der Waals surface area contributed by atoms with Crippen LogP contribution in [0.5, 0.6) is 0 Å². The zero-order valence-corrected chi connectivity index (χ0v) is 9.97. The molecule has 1 aliphatic rings. The van der Waals surface area contributed by atoms with E-state index in [1.807, 2.05) is 0 Å². The predicted octanol–water partition coefficient (Wildman–Crippen LogP) is 3.33. The van der Waals surface area contributed by atoms with E-state index in [-0.39, 0.29) is 23.1 Å². The van der Waals surface area contributed by atoms with Gasteiger partial charge in [0.15, 0.2) is 5.78 Å². The van der Waals surface area contributed by atoms with Crippen LogP contribution in [-0.2, 0) is 0 Å². The topological polar surface area (TPSA) is 17.1 Å². The van der Waals surface area contributed by atoms with Crippen LogP contribution in [0.15, 0.2) is 12.1 Å². The van der Waals surface area contributed by atoms with Crippen LogP contribution in [0.3, 0.4) is 0 Å². The van der Waals surface area contributed by atoms with E-state index in [2.05, 4.69) is 22.6 Å². The SMILES string of the molecule is Cc1cc(I)cc(C(=O)C2CC2)c1F. The lowest BCUT2D eigenvalue weighted by molar-refractivity contribution is 0.0963. The lowest BCUT2D eigenvalue weighted by Gasteiger charge is -2.04. The van der Waals surface area contributed by atoms with Gasteiger partial charge in [-0.2, -0.15) is 0 Å². The van der Waals surface area contributed by atoms with E-state index in [1.165, 1.54) is 0 Å². The fraction of sp³-hybridized carbons (Fsp3) is 0.364. The van der Waals surface area contributed by atoms with Crippen LogP contribution in [0.4, 0.5) is 4.39 Å². The fourth-order valence-corrected chi connectivity index (χ4v) is 2.25. The minimum atomic E-state index is -0.345. The number of hydrogen-bond acceptors (Lipinski definition) is 1. The van der Waals surface area contributed by atoms with Gasteiger partial charge in [0.2, 0.25) is 0 Å². The molecule has 3 heteroatoms. The highest BCUT2D eigenvalue weighted by Gasteiger charge is 2.32. The van der Waals surface area contributed by atoms with Crippen LogP contribution in [-0.4, -0.2) is 5.78 Å². The van der Waals surface area contributed by atoms with Crippen LogP contribution < -0.4 is 0 Å². The Bertz CT molecular complexity index is 397. The van der Waals surface area contributed by atoms with E-state index in [0.29, 0.717) is 5.56 Å². The van der Waals surface area contributed by atoms with Crippen molar-refractivity contribution < 1.29 is 9.18 Å². The van der Waals surface area contributed by atoms with Gasteiger partial charge >= 0.3 is 0 Å². The van der Waals surface area contributed by atoms with Gasteiger partial charge in [-0.3, -0.25) is 4.79 Å². The maximum Gasteiger partial charge on any atom is 0.168 e. The predicted molar refractivity (Wildman–Crippen MR) is 60.9 cm³/mol. The molecule has 1 fully saturated rings. The van der Waals surface area contributed by atoms with Crippen molar-refractivity contribution in [3.8, 4) is 0 Å². The van der Waals surface area contributed by atoms with Crippen molar-refractivity contribution in [2.75, 3.05) is 0 Å². The van der Waals surface area contributed by atoms with Crippen LogP contribution in [0, 0.1) is 22.2 Å². The lowest BCUT2D eigenvalue weighted by atomic mass is 10.0. The molecule has 0 N–H and O–H groups in total. The summed E-state index contributed by atoms with van der Waals surface area (Å²) >= 11 is 2.11. The number of aryl methyl sites for hydroxylation is 1. The number of benzene rings is 1. The van der Waals surface area contributed by atoms with Gasteiger partial charge in [-0.05, 0) is 60.1 Å². The first-order valence-electron chi connectivity index (χ1n) is 4.59. The number of carbonyl (C=O) groups excluding carboxylic acids is 1. The largest absolute Gasteiger partial charge is 0.294 e. The molecule has 0 bridgehead atoms. The highest BCUT2D eigenvalue weighted by atomic mass is 127. The first kappa shape index (κ1) is 10.1. The lowest BCUT2D eigenvalue weighted by Crippen LogP contribution is -2.06. The molecule has 1 aliphatic carbocycles. The molecule has 0 aromatic heterocycles. The van der Waals surface area contributed by atoms with Crippen LogP contribution in [0.1, 0.15) is 28.8 Å². The summed E-state index contributed by atoms with van der Waals surface area (Å²) in [6, 6.07) is 3.39. The third kappa shape index (κ3) is 1.82. The van der Waals surface area contributed by atoms with Crippen molar-refractivity contribution in [1.29, 1.82) is 0 Å². The summed E-state index contributed by atoms with van der Waals surface area (Å²) in [6.07, 6.45) is 1.84. The molecule has 0 unspecified atom stereocenters. The number of hydrogen-bond donors (Lipinski definition) is 0. The first-order valence-corrected chi connectivity index (χ1v) is 5.67. The highest BCUT2D eigenvalue weighted by molar-refractivity contribution is 14.1. The van der Waals surface area contributed by atoms with E-state index in [1.54, 1.807) is 19.1 Å². The van der Waals surface area contributed by atoms with Gasteiger partial charge in [-0.25, -0.2) is 4.39 Å². The average molecular weight is 304 g/mol. The number of carbonyl (C=O) groups is 1. The Balaban J connectivity index is 2.45. The molecule has 0 amide bonds. The Hall–Kier alpha value is -0.450. The van der Waals surface area contributed by atoms with Gasteiger partial charge in [0.05, 0.1) is 5.56 Å². The van der Waals surface area contributed by atoms with Crippen LogP contribution >= 0.6 is 22.6 Å². The summed E-state index contributed by atoms with van der Waals surface area (Å²) in [5.74, 6) is -0.284. The molecule has 74 valence electrons. The van der Waals surface area contributed by atoms with Gasteiger partial charge in [-0.15, -0.1) is 0 Å². The summed E-state index contributed by atoms with van der Waals surface area (Å²) in [6.45, 7) is 1.70.